The fraction of sp³-hybridized carbons (Fsp3) is 0.176. The Bertz CT molecular complexity index is 756. The molecule has 0 aliphatic carbocycles. The topological polar surface area (TPSA) is 61.0 Å². The Morgan fingerprint density at radius 2 is 2.14 bits per heavy atom. The lowest BCUT2D eigenvalue weighted by Crippen LogP contribution is -1.94. The summed E-state index contributed by atoms with van der Waals surface area (Å²) in [6, 6.07) is 12.0. The zero-order chi connectivity index (χ0) is 15.4. The number of nitrogen functional groups attached to an aromatic ring is 1. The Kier molecular flexibility index (Phi) is 4.34. The van der Waals surface area contributed by atoms with Gasteiger partial charge in [-0.25, -0.2) is 4.98 Å². The van der Waals surface area contributed by atoms with Gasteiger partial charge in [0.15, 0.2) is 5.13 Å². The molecule has 3 aromatic rings. The van der Waals surface area contributed by atoms with Crippen LogP contribution in [0.25, 0.3) is 11.3 Å². The number of pyridine rings is 1. The molecule has 0 aliphatic rings. The van der Waals surface area contributed by atoms with E-state index < -0.39 is 0 Å². The maximum atomic E-state index is 5.91. The van der Waals surface area contributed by atoms with Crippen LogP contribution in [0.4, 0.5) is 5.13 Å². The predicted molar refractivity (Wildman–Crippen MR) is 90.2 cm³/mol. The minimum Gasteiger partial charge on any atom is -0.494 e. The Morgan fingerprint density at radius 3 is 2.91 bits per heavy atom. The normalized spacial score (nSPS) is 10.6. The first-order valence-corrected chi connectivity index (χ1v) is 7.95. The molecular weight excluding hydrogens is 294 g/mol. The zero-order valence-corrected chi connectivity index (χ0v) is 13.1. The summed E-state index contributed by atoms with van der Waals surface area (Å²) in [5.74, 6) is 0.889. The van der Waals surface area contributed by atoms with Crippen LogP contribution < -0.4 is 10.5 Å². The minimum atomic E-state index is 0.579. The highest BCUT2D eigenvalue weighted by Gasteiger charge is 2.12. The van der Waals surface area contributed by atoms with Crippen LogP contribution in [0.5, 0.6) is 5.75 Å². The summed E-state index contributed by atoms with van der Waals surface area (Å²) < 4.78 is 5.56. The molecule has 0 radical (unpaired) electrons. The van der Waals surface area contributed by atoms with Gasteiger partial charge in [0.1, 0.15) is 5.75 Å². The number of anilines is 1. The number of nitrogens with zero attached hydrogens (tertiary/aromatic N) is 2. The Balaban J connectivity index is 1.91. The van der Waals surface area contributed by atoms with Gasteiger partial charge in [0.05, 0.1) is 12.3 Å². The molecule has 0 amide bonds. The molecule has 4 nitrogen and oxygen atoms in total. The molecule has 0 bridgehead atoms. The number of benzene rings is 1. The molecule has 5 heteroatoms. The monoisotopic (exact) mass is 311 g/mol. The molecule has 0 atom stereocenters. The highest BCUT2D eigenvalue weighted by atomic mass is 32.1. The van der Waals surface area contributed by atoms with Crippen molar-refractivity contribution < 1.29 is 4.74 Å². The molecular formula is C17H17N3OS. The standard InChI is InChI=1S/C17H17N3OS/c1-2-21-14-7-3-5-12(9-14)10-15-16(20-17(18)22-15)13-6-4-8-19-11-13/h3-9,11H,2,10H2,1H3,(H2,18,20). The number of nitrogens with two attached hydrogens (primary N) is 1. The SMILES string of the molecule is CCOc1cccc(Cc2sc(N)nc2-c2cccnc2)c1. The first kappa shape index (κ1) is 14.5. The lowest BCUT2D eigenvalue weighted by molar-refractivity contribution is 0.340. The molecule has 1 aromatic carbocycles. The third-order valence-corrected chi connectivity index (χ3v) is 4.11. The largest absolute Gasteiger partial charge is 0.494 e. The molecule has 22 heavy (non-hydrogen) atoms. The summed E-state index contributed by atoms with van der Waals surface area (Å²) in [5.41, 5.74) is 9.00. The second-order valence-corrected chi connectivity index (χ2v) is 5.94. The number of aromatic nitrogens is 2. The van der Waals surface area contributed by atoms with Gasteiger partial charge in [-0.1, -0.05) is 12.1 Å². The number of hydrogen-bond donors (Lipinski definition) is 1. The maximum Gasteiger partial charge on any atom is 0.180 e. The van der Waals surface area contributed by atoms with E-state index in [2.05, 4.69) is 22.1 Å². The van der Waals surface area contributed by atoms with Crippen molar-refractivity contribution in [1.82, 2.24) is 9.97 Å². The fourth-order valence-corrected chi connectivity index (χ4v) is 3.20. The molecule has 0 fully saturated rings. The summed E-state index contributed by atoms with van der Waals surface area (Å²) in [7, 11) is 0. The van der Waals surface area contributed by atoms with Gasteiger partial charge in [0.25, 0.3) is 0 Å². The molecule has 2 N–H and O–H groups in total. The molecule has 0 saturated carbocycles. The summed E-state index contributed by atoms with van der Waals surface area (Å²) in [6.07, 6.45) is 4.35. The molecule has 3 rings (SSSR count). The van der Waals surface area contributed by atoms with Crippen LogP contribution in [0.1, 0.15) is 17.4 Å². The van der Waals surface area contributed by atoms with Crippen molar-refractivity contribution in [3.05, 3.63) is 59.2 Å². The van der Waals surface area contributed by atoms with Crippen molar-refractivity contribution in [3.8, 4) is 17.0 Å². The number of hydrogen-bond acceptors (Lipinski definition) is 5. The van der Waals surface area contributed by atoms with Crippen molar-refractivity contribution in [2.75, 3.05) is 12.3 Å². The van der Waals surface area contributed by atoms with Gasteiger partial charge in [-0.15, -0.1) is 11.3 Å². The maximum absolute atomic E-state index is 5.91. The van der Waals surface area contributed by atoms with E-state index in [1.807, 2.05) is 37.4 Å². The highest BCUT2D eigenvalue weighted by molar-refractivity contribution is 7.15. The van der Waals surface area contributed by atoms with Gasteiger partial charge >= 0.3 is 0 Å². The fourth-order valence-electron chi connectivity index (χ4n) is 2.32. The summed E-state index contributed by atoms with van der Waals surface area (Å²) >= 11 is 1.52. The average molecular weight is 311 g/mol. The first-order valence-electron chi connectivity index (χ1n) is 7.13. The smallest absolute Gasteiger partial charge is 0.180 e. The number of thiazole rings is 1. The summed E-state index contributed by atoms with van der Waals surface area (Å²) in [5, 5.41) is 0.579. The van der Waals surface area contributed by atoms with Crippen molar-refractivity contribution >= 4 is 16.5 Å². The molecule has 112 valence electrons. The second kappa shape index (κ2) is 6.58. The Hall–Kier alpha value is -2.40. The van der Waals surface area contributed by atoms with Gasteiger partial charge in [0.2, 0.25) is 0 Å². The molecule has 2 aromatic heterocycles. The van der Waals surface area contributed by atoms with E-state index in [1.54, 1.807) is 6.20 Å². The molecule has 2 heterocycles. The van der Waals surface area contributed by atoms with E-state index in [0.717, 1.165) is 28.3 Å². The van der Waals surface area contributed by atoms with Crippen LogP contribution in [0.3, 0.4) is 0 Å². The quantitative estimate of drug-likeness (QED) is 0.779. The van der Waals surface area contributed by atoms with Crippen molar-refractivity contribution in [3.63, 3.8) is 0 Å². The Labute approximate surface area is 133 Å². The van der Waals surface area contributed by atoms with Crippen molar-refractivity contribution in [2.24, 2.45) is 0 Å². The van der Waals surface area contributed by atoms with Gasteiger partial charge in [-0.3, -0.25) is 4.98 Å². The van der Waals surface area contributed by atoms with Gasteiger partial charge < -0.3 is 10.5 Å². The van der Waals surface area contributed by atoms with Crippen LogP contribution in [-0.2, 0) is 6.42 Å². The molecule has 0 spiro atoms. The molecule has 0 unspecified atom stereocenters. The third-order valence-electron chi connectivity index (χ3n) is 3.22. The summed E-state index contributed by atoms with van der Waals surface area (Å²) in [6.45, 7) is 2.65. The second-order valence-electron chi connectivity index (χ2n) is 4.82. The number of rotatable bonds is 5. The Morgan fingerprint density at radius 1 is 1.23 bits per heavy atom. The van der Waals surface area contributed by atoms with E-state index >= 15 is 0 Å². The van der Waals surface area contributed by atoms with Gasteiger partial charge in [-0.05, 0) is 36.8 Å². The lowest BCUT2D eigenvalue weighted by Gasteiger charge is -2.06. The number of ether oxygens (including phenoxy) is 1. The van der Waals surface area contributed by atoms with Crippen LogP contribution >= 0.6 is 11.3 Å². The van der Waals surface area contributed by atoms with E-state index in [4.69, 9.17) is 10.5 Å². The van der Waals surface area contributed by atoms with E-state index in [1.165, 1.54) is 16.9 Å². The van der Waals surface area contributed by atoms with Gasteiger partial charge in [-0.2, -0.15) is 0 Å². The van der Waals surface area contributed by atoms with Crippen LogP contribution in [0, 0.1) is 0 Å². The van der Waals surface area contributed by atoms with Crippen LogP contribution in [0.2, 0.25) is 0 Å². The third kappa shape index (κ3) is 3.26. The van der Waals surface area contributed by atoms with Crippen LogP contribution in [0.15, 0.2) is 48.8 Å². The lowest BCUT2D eigenvalue weighted by atomic mass is 10.1. The molecule has 0 aliphatic heterocycles. The van der Waals surface area contributed by atoms with Gasteiger partial charge in [0, 0.05) is 29.3 Å². The first-order chi connectivity index (χ1) is 10.8. The van der Waals surface area contributed by atoms with E-state index in [9.17, 15) is 0 Å². The van der Waals surface area contributed by atoms with Crippen molar-refractivity contribution in [1.29, 1.82) is 0 Å². The summed E-state index contributed by atoms with van der Waals surface area (Å²) in [4.78, 5) is 9.76. The zero-order valence-electron chi connectivity index (χ0n) is 12.3. The van der Waals surface area contributed by atoms with Crippen LogP contribution in [-0.4, -0.2) is 16.6 Å². The minimum absolute atomic E-state index is 0.579. The molecule has 0 saturated heterocycles. The van der Waals surface area contributed by atoms with Crippen molar-refractivity contribution in [2.45, 2.75) is 13.3 Å². The average Bonchev–Trinajstić information content (AvgIpc) is 2.89. The predicted octanol–water partition coefficient (Wildman–Crippen LogP) is 3.78. The highest BCUT2D eigenvalue weighted by Crippen LogP contribution is 2.31. The van der Waals surface area contributed by atoms with E-state index in [0.29, 0.717) is 11.7 Å². The van der Waals surface area contributed by atoms with E-state index in [-0.39, 0.29) is 0 Å².